The van der Waals surface area contributed by atoms with Gasteiger partial charge in [-0.25, -0.2) is 4.98 Å². The minimum absolute atomic E-state index is 0.367. The van der Waals surface area contributed by atoms with Crippen molar-refractivity contribution in [3.63, 3.8) is 0 Å². The molecule has 0 aliphatic carbocycles. The maximum Gasteiger partial charge on any atom is 0.229 e. The van der Waals surface area contributed by atoms with Crippen LogP contribution in [-0.4, -0.2) is 43.0 Å². The second-order valence-corrected chi connectivity index (χ2v) is 13.1. The van der Waals surface area contributed by atoms with Crippen LogP contribution in [0.15, 0.2) is 48.7 Å². The van der Waals surface area contributed by atoms with E-state index >= 15 is 0 Å². The summed E-state index contributed by atoms with van der Waals surface area (Å²) in [7, 11) is -2.50. The fraction of sp³-hybridized carbons (Fsp3) is 0.333. The number of halogens is 1. The van der Waals surface area contributed by atoms with E-state index in [0.29, 0.717) is 35.0 Å². The van der Waals surface area contributed by atoms with Crippen LogP contribution in [0.5, 0.6) is 5.75 Å². The Morgan fingerprint density at radius 2 is 2.00 bits per heavy atom. The van der Waals surface area contributed by atoms with Crippen molar-refractivity contribution in [2.24, 2.45) is 5.92 Å². The zero-order valence-electron chi connectivity index (χ0n) is 21.1. The lowest BCUT2D eigenvalue weighted by Crippen LogP contribution is -2.25. The average molecular weight is 526 g/mol. The lowest BCUT2D eigenvalue weighted by Gasteiger charge is -2.18. The van der Waals surface area contributed by atoms with Gasteiger partial charge in [0, 0.05) is 35.1 Å². The van der Waals surface area contributed by atoms with Gasteiger partial charge in [0.25, 0.3) is 0 Å². The molecule has 7 nitrogen and oxygen atoms in total. The largest absolute Gasteiger partial charge is 0.493 e. The summed E-state index contributed by atoms with van der Waals surface area (Å²) in [6, 6.07) is 11.5. The number of aryl methyl sites for hydroxylation is 1. The normalized spacial score (nSPS) is 17.3. The topological polar surface area (TPSA) is 88.2 Å². The molecule has 1 aliphatic heterocycles. The van der Waals surface area contributed by atoms with Crippen LogP contribution in [0.1, 0.15) is 24.5 Å². The van der Waals surface area contributed by atoms with E-state index in [2.05, 4.69) is 58.0 Å². The van der Waals surface area contributed by atoms with Gasteiger partial charge in [0.05, 0.1) is 18.5 Å². The van der Waals surface area contributed by atoms with E-state index in [1.54, 1.807) is 19.5 Å². The molecule has 190 valence electrons. The van der Waals surface area contributed by atoms with Crippen molar-refractivity contribution in [2.45, 2.75) is 20.3 Å². The Labute approximate surface area is 218 Å². The highest BCUT2D eigenvalue weighted by molar-refractivity contribution is 7.70. The van der Waals surface area contributed by atoms with Crippen LogP contribution in [0, 0.1) is 12.8 Å². The summed E-state index contributed by atoms with van der Waals surface area (Å²) < 4.78 is 19.0. The number of aromatic nitrogens is 2. The number of hydrogen-bond donors (Lipinski definition) is 3. The van der Waals surface area contributed by atoms with Crippen molar-refractivity contribution in [3.05, 3.63) is 64.8 Å². The van der Waals surface area contributed by atoms with Crippen LogP contribution >= 0.6 is 18.7 Å². The van der Waals surface area contributed by atoms with E-state index in [0.717, 1.165) is 47.4 Å². The van der Waals surface area contributed by atoms with Gasteiger partial charge in [0.2, 0.25) is 5.95 Å². The third-order valence-electron chi connectivity index (χ3n) is 5.87. The monoisotopic (exact) mass is 525 g/mol. The third-order valence-corrected chi connectivity index (χ3v) is 7.70. The summed E-state index contributed by atoms with van der Waals surface area (Å²) in [6.45, 7) is 10.2. The Balaban J connectivity index is 1.61. The molecule has 0 saturated heterocycles. The van der Waals surface area contributed by atoms with Gasteiger partial charge in [-0.15, -0.1) is 0 Å². The molecule has 9 heteroatoms. The Hall–Kier alpha value is -2.86. The van der Waals surface area contributed by atoms with Gasteiger partial charge in [-0.05, 0) is 57.0 Å². The molecule has 2 heterocycles. The molecule has 1 aliphatic rings. The summed E-state index contributed by atoms with van der Waals surface area (Å²) >= 11 is 6.41. The third kappa shape index (κ3) is 6.67. The molecule has 0 fully saturated rings. The lowest BCUT2D eigenvalue weighted by atomic mass is 10.1. The van der Waals surface area contributed by atoms with Crippen LogP contribution < -0.4 is 26.0 Å². The van der Waals surface area contributed by atoms with Crippen molar-refractivity contribution in [1.82, 2.24) is 15.3 Å². The highest BCUT2D eigenvalue weighted by atomic mass is 35.5. The molecule has 3 N–H and O–H groups in total. The summed E-state index contributed by atoms with van der Waals surface area (Å²) in [6.07, 6.45) is 6.82. The average Bonchev–Trinajstić information content (AvgIpc) is 2.86. The molecular weight excluding hydrogens is 493 g/mol. The zero-order valence-corrected chi connectivity index (χ0v) is 22.8. The molecule has 36 heavy (non-hydrogen) atoms. The predicted molar refractivity (Wildman–Crippen MR) is 151 cm³/mol. The summed E-state index contributed by atoms with van der Waals surface area (Å²) in [5, 5.41) is 11.1. The number of para-hydroxylation sites is 1. The van der Waals surface area contributed by atoms with Crippen LogP contribution in [0.4, 0.5) is 23.1 Å². The Morgan fingerprint density at radius 1 is 1.19 bits per heavy atom. The van der Waals surface area contributed by atoms with E-state index in [4.69, 9.17) is 16.3 Å². The first-order valence-electron chi connectivity index (χ1n) is 12.1. The highest BCUT2D eigenvalue weighted by Crippen LogP contribution is 2.39. The summed E-state index contributed by atoms with van der Waals surface area (Å²) in [4.78, 5) is 8.96. The van der Waals surface area contributed by atoms with Crippen LogP contribution in [-0.2, 0) is 4.57 Å². The molecule has 4 rings (SSSR count). The quantitative estimate of drug-likeness (QED) is 0.342. The van der Waals surface area contributed by atoms with Gasteiger partial charge >= 0.3 is 0 Å². The Morgan fingerprint density at radius 3 is 2.81 bits per heavy atom. The van der Waals surface area contributed by atoms with Crippen molar-refractivity contribution in [2.75, 3.05) is 43.7 Å². The number of nitrogens with one attached hydrogen (secondary N) is 3. The first-order valence-corrected chi connectivity index (χ1v) is 15.0. The zero-order chi connectivity index (χ0) is 25.7. The number of fused-ring (bicyclic) bond motifs is 1. The van der Waals surface area contributed by atoms with E-state index in [1.807, 2.05) is 30.3 Å². The minimum Gasteiger partial charge on any atom is -0.493 e. The van der Waals surface area contributed by atoms with E-state index in [-0.39, 0.29) is 0 Å². The van der Waals surface area contributed by atoms with E-state index in [1.165, 1.54) is 0 Å². The molecule has 0 saturated carbocycles. The molecule has 0 spiro atoms. The summed E-state index contributed by atoms with van der Waals surface area (Å²) in [5.74, 6) is 2.04. The van der Waals surface area contributed by atoms with E-state index < -0.39 is 7.14 Å². The highest BCUT2D eigenvalue weighted by Gasteiger charge is 2.17. The molecule has 0 amide bonds. The number of ether oxygens (including phenoxy) is 1. The second-order valence-electron chi connectivity index (χ2n) is 9.52. The van der Waals surface area contributed by atoms with Gasteiger partial charge in [-0.1, -0.05) is 42.8 Å². The predicted octanol–water partition coefficient (Wildman–Crippen LogP) is 6.20. The Bertz CT molecular complexity index is 1310. The van der Waals surface area contributed by atoms with Gasteiger partial charge in [0.15, 0.2) is 5.82 Å². The van der Waals surface area contributed by atoms with Crippen molar-refractivity contribution in [1.29, 1.82) is 0 Å². The number of benzene rings is 2. The molecule has 3 aromatic rings. The van der Waals surface area contributed by atoms with Gasteiger partial charge in [-0.3, -0.25) is 0 Å². The maximum absolute atomic E-state index is 12.8. The van der Waals surface area contributed by atoms with Crippen molar-refractivity contribution >= 4 is 53.3 Å². The second kappa shape index (κ2) is 11.5. The van der Waals surface area contributed by atoms with Crippen LogP contribution in [0.3, 0.4) is 0 Å². The number of hydrogen-bond acceptors (Lipinski definition) is 7. The number of anilines is 4. The Kier molecular flexibility index (Phi) is 8.35. The first kappa shape index (κ1) is 26.2. The van der Waals surface area contributed by atoms with Crippen LogP contribution in [0.2, 0.25) is 5.02 Å². The van der Waals surface area contributed by atoms with Crippen molar-refractivity contribution < 1.29 is 9.30 Å². The van der Waals surface area contributed by atoms with Gasteiger partial charge < -0.3 is 25.3 Å². The molecular formula is C27H33ClN5O2P. The molecule has 1 aromatic heterocycles. The molecule has 0 radical (unpaired) electrons. The van der Waals surface area contributed by atoms with Gasteiger partial charge in [-0.2, -0.15) is 4.98 Å². The fourth-order valence-electron chi connectivity index (χ4n) is 4.02. The van der Waals surface area contributed by atoms with Crippen molar-refractivity contribution in [3.8, 4) is 5.75 Å². The standard InChI is InChI=1S/C27H33ClN5O2P/c1-18-15-29-12-8-7-9-21-19(2)13-20(14-24(21)35-17-18)31-27-30-16-22(28)26(33-27)32-23-10-5-6-11-25(23)36(3,4)34/h5-7,9-11,13-14,16,18,29H,8,12,15,17H2,1-4H3,(H2,30,31,32,33)/b9-7-/t18-/m0/s1. The van der Waals surface area contributed by atoms with Gasteiger partial charge in [0.1, 0.15) is 17.9 Å². The SMILES string of the molecule is Cc1cc(Nc2ncc(Cl)c(Nc3ccccc3P(C)(C)=O)n2)cc2c1/C=C\CCNC[C@H](C)CO2. The minimum atomic E-state index is -2.50. The van der Waals surface area contributed by atoms with Crippen LogP contribution in [0.25, 0.3) is 6.08 Å². The smallest absolute Gasteiger partial charge is 0.229 e. The lowest BCUT2D eigenvalue weighted by molar-refractivity contribution is 0.256. The number of nitrogens with zero attached hydrogens (tertiary/aromatic N) is 2. The fourth-order valence-corrected chi connectivity index (χ4v) is 5.31. The first-order chi connectivity index (χ1) is 17.2. The maximum atomic E-state index is 12.8. The molecule has 0 bridgehead atoms. The molecule has 2 aromatic carbocycles. The molecule has 0 unspecified atom stereocenters. The summed E-state index contributed by atoms with van der Waals surface area (Å²) in [5.41, 5.74) is 3.70. The number of rotatable bonds is 5. The van der Waals surface area contributed by atoms with E-state index in [9.17, 15) is 4.57 Å². The molecule has 1 atom stereocenters.